The van der Waals surface area contributed by atoms with Gasteiger partial charge < -0.3 is 10.0 Å². The van der Waals surface area contributed by atoms with E-state index in [1.807, 2.05) is 37.3 Å². The van der Waals surface area contributed by atoms with Gasteiger partial charge in [-0.3, -0.25) is 9.78 Å². The smallest absolute Gasteiger partial charge is 0.311 e. The van der Waals surface area contributed by atoms with E-state index in [2.05, 4.69) is 9.88 Å². The minimum absolute atomic E-state index is 0.576. The highest BCUT2D eigenvalue weighted by Crippen LogP contribution is 2.38. The second-order valence-electron chi connectivity index (χ2n) is 5.46. The number of anilines is 1. The minimum Gasteiger partial charge on any atom is -0.481 e. The molecule has 0 amide bonds. The molecule has 3 rings (SSSR count). The van der Waals surface area contributed by atoms with E-state index in [1.54, 1.807) is 6.20 Å². The van der Waals surface area contributed by atoms with Crippen LogP contribution in [0.4, 0.5) is 5.69 Å². The van der Waals surface area contributed by atoms with E-state index in [4.69, 9.17) is 0 Å². The highest BCUT2D eigenvalue weighted by atomic mass is 16.4. The van der Waals surface area contributed by atoms with Crippen LogP contribution in [0.15, 0.2) is 36.5 Å². The van der Waals surface area contributed by atoms with E-state index in [0.717, 1.165) is 23.1 Å². The molecule has 0 aliphatic carbocycles. The first-order chi connectivity index (χ1) is 9.66. The number of nitrogens with zero attached hydrogens (tertiary/aromatic N) is 2. The van der Waals surface area contributed by atoms with Gasteiger partial charge in [-0.1, -0.05) is 25.1 Å². The Labute approximate surface area is 118 Å². The van der Waals surface area contributed by atoms with Crippen molar-refractivity contribution in [2.45, 2.75) is 19.8 Å². The molecular formula is C16H18N2O2. The summed E-state index contributed by atoms with van der Waals surface area (Å²) in [4.78, 5) is 18.1. The summed E-state index contributed by atoms with van der Waals surface area (Å²) in [6.07, 6.45) is 3.17. The molecular weight excluding hydrogens is 252 g/mol. The van der Waals surface area contributed by atoms with E-state index in [9.17, 15) is 9.90 Å². The standard InChI is InChI=1S/C16H18N2O2/c1-2-16(15(19)20)8-10-18(11-16)14-7-9-17-13-6-4-3-5-12(13)14/h3-7,9H,2,8,10-11H2,1H3,(H,19,20). The number of hydrogen-bond donors (Lipinski definition) is 1. The Kier molecular flexibility index (Phi) is 3.08. The fraction of sp³-hybridized carbons (Fsp3) is 0.375. The Hall–Kier alpha value is -2.10. The third kappa shape index (κ3) is 1.92. The Morgan fingerprint density at radius 1 is 1.40 bits per heavy atom. The number of carbonyl (C=O) groups is 1. The lowest BCUT2D eigenvalue weighted by molar-refractivity contribution is -0.147. The zero-order valence-electron chi connectivity index (χ0n) is 11.5. The normalized spacial score (nSPS) is 22.4. The topological polar surface area (TPSA) is 53.4 Å². The number of rotatable bonds is 3. The van der Waals surface area contributed by atoms with Crippen molar-refractivity contribution in [3.05, 3.63) is 36.5 Å². The summed E-state index contributed by atoms with van der Waals surface area (Å²) >= 11 is 0. The molecule has 104 valence electrons. The quantitative estimate of drug-likeness (QED) is 0.931. The third-order valence-electron chi connectivity index (χ3n) is 4.45. The van der Waals surface area contributed by atoms with Gasteiger partial charge >= 0.3 is 5.97 Å². The summed E-state index contributed by atoms with van der Waals surface area (Å²) in [5, 5.41) is 10.6. The number of carboxylic acid groups (broad SMARTS) is 1. The zero-order chi connectivity index (χ0) is 14.2. The molecule has 20 heavy (non-hydrogen) atoms. The predicted molar refractivity (Wildman–Crippen MR) is 78.9 cm³/mol. The van der Waals surface area contributed by atoms with E-state index >= 15 is 0 Å². The molecule has 2 aromatic rings. The van der Waals surface area contributed by atoms with Crippen LogP contribution in [-0.4, -0.2) is 29.1 Å². The number of aliphatic carboxylic acids is 1. The van der Waals surface area contributed by atoms with Crippen LogP contribution in [0.3, 0.4) is 0 Å². The van der Waals surface area contributed by atoms with Crippen LogP contribution in [0, 0.1) is 5.41 Å². The average molecular weight is 270 g/mol. The van der Waals surface area contributed by atoms with Crippen molar-refractivity contribution in [3.63, 3.8) is 0 Å². The Balaban J connectivity index is 2.00. The van der Waals surface area contributed by atoms with Gasteiger partial charge in [0.05, 0.1) is 10.9 Å². The molecule has 1 unspecified atom stereocenters. The molecule has 1 aromatic carbocycles. The van der Waals surface area contributed by atoms with Crippen LogP contribution in [-0.2, 0) is 4.79 Å². The van der Waals surface area contributed by atoms with Gasteiger partial charge in [-0.15, -0.1) is 0 Å². The molecule has 1 saturated heterocycles. The summed E-state index contributed by atoms with van der Waals surface area (Å²) in [5.74, 6) is -0.680. The lowest BCUT2D eigenvalue weighted by Crippen LogP contribution is -2.34. The average Bonchev–Trinajstić information content (AvgIpc) is 2.92. The highest BCUT2D eigenvalue weighted by Gasteiger charge is 2.43. The maximum Gasteiger partial charge on any atom is 0.311 e. The lowest BCUT2D eigenvalue weighted by atomic mass is 9.84. The predicted octanol–water partition coefficient (Wildman–Crippen LogP) is 2.93. The van der Waals surface area contributed by atoms with E-state index in [0.29, 0.717) is 19.4 Å². The van der Waals surface area contributed by atoms with E-state index < -0.39 is 11.4 Å². The van der Waals surface area contributed by atoms with Crippen LogP contribution in [0.5, 0.6) is 0 Å². The molecule has 1 aliphatic heterocycles. The molecule has 1 aromatic heterocycles. The maximum atomic E-state index is 11.6. The molecule has 4 nitrogen and oxygen atoms in total. The molecule has 0 bridgehead atoms. The van der Waals surface area contributed by atoms with Gasteiger partial charge in [0, 0.05) is 30.4 Å². The van der Waals surface area contributed by atoms with Crippen molar-refractivity contribution in [2.24, 2.45) is 5.41 Å². The molecule has 0 radical (unpaired) electrons. The number of pyridine rings is 1. The van der Waals surface area contributed by atoms with Gasteiger partial charge in [-0.05, 0) is 25.0 Å². The number of carboxylic acids is 1. The summed E-state index contributed by atoms with van der Waals surface area (Å²) in [6.45, 7) is 3.32. The van der Waals surface area contributed by atoms with Crippen molar-refractivity contribution in [1.82, 2.24) is 4.98 Å². The van der Waals surface area contributed by atoms with Crippen LogP contribution in [0.1, 0.15) is 19.8 Å². The van der Waals surface area contributed by atoms with Crippen LogP contribution in [0.2, 0.25) is 0 Å². The first kappa shape index (κ1) is 12.9. The van der Waals surface area contributed by atoms with E-state index in [1.165, 1.54) is 0 Å². The second-order valence-corrected chi connectivity index (χ2v) is 5.46. The molecule has 2 heterocycles. The molecule has 1 atom stereocenters. The van der Waals surface area contributed by atoms with Crippen LogP contribution in [0.25, 0.3) is 10.9 Å². The fourth-order valence-corrected chi connectivity index (χ4v) is 3.05. The fourth-order valence-electron chi connectivity index (χ4n) is 3.05. The molecule has 4 heteroatoms. The maximum absolute atomic E-state index is 11.6. The number of fused-ring (bicyclic) bond motifs is 1. The Morgan fingerprint density at radius 2 is 2.20 bits per heavy atom. The first-order valence-electron chi connectivity index (χ1n) is 6.98. The third-order valence-corrected chi connectivity index (χ3v) is 4.45. The zero-order valence-corrected chi connectivity index (χ0v) is 11.5. The summed E-state index contributed by atoms with van der Waals surface area (Å²) < 4.78 is 0. The Bertz CT molecular complexity index is 650. The molecule has 1 fully saturated rings. The van der Waals surface area contributed by atoms with Crippen LogP contribution >= 0.6 is 0 Å². The summed E-state index contributed by atoms with van der Waals surface area (Å²) in [7, 11) is 0. The summed E-state index contributed by atoms with van der Waals surface area (Å²) in [5.41, 5.74) is 1.44. The number of para-hydroxylation sites is 1. The lowest BCUT2D eigenvalue weighted by Gasteiger charge is -2.25. The SMILES string of the molecule is CCC1(C(=O)O)CCN(c2ccnc3ccccc23)C1. The van der Waals surface area contributed by atoms with Crippen molar-refractivity contribution in [1.29, 1.82) is 0 Å². The van der Waals surface area contributed by atoms with Gasteiger partial charge in [0.2, 0.25) is 0 Å². The van der Waals surface area contributed by atoms with Gasteiger partial charge in [0.15, 0.2) is 0 Å². The molecule has 0 saturated carbocycles. The monoisotopic (exact) mass is 270 g/mol. The first-order valence-corrected chi connectivity index (χ1v) is 6.98. The van der Waals surface area contributed by atoms with E-state index in [-0.39, 0.29) is 0 Å². The minimum atomic E-state index is -0.680. The van der Waals surface area contributed by atoms with Crippen LogP contribution < -0.4 is 4.90 Å². The molecule has 1 aliphatic rings. The van der Waals surface area contributed by atoms with Crippen molar-refractivity contribution >= 4 is 22.6 Å². The number of hydrogen-bond acceptors (Lipinski definition) is 3. The van der Waals surface area contributed by atoms with Crippen molar-refractivity contribution in [3.8, 4) is 0 Å². The van der Waals surface area contributed by atoms with Gasteiger partial charge in [-0.25, -0.2) is 0 Å². The van der Waals surface area contributed by atoms with Crippen molar-refractivity contribution in [2.75, 3.05) is 18.0 Å². The highest BCUT2D eigenvalue weighted by molar-refractivity contribution is 5.92. The van der Waals surface area contributed by atoms with Crippen molar-refractivity contribution < 1.29 is 9.90 Å². The van der Waals surface area contributed by atoms with Gasteiger partial charge in [-0.2, -0.15) is 0 Å². The Morgan fingerprint density at radius 3 is 2.90 bits per heavy atom. The second kappa shape index (κ2) is 4.78. The van der Waals surface area contributed by atoms with Gasteiger partial charge in [0.25, 0.3) is 0 Å². The van der Waals surface area contributed by atoms with Gasteiger partial charge in [0.1, 0.15) is 0 Å². The summed E-state index contributed by atoms with van der Waals surface area (Å²) in [6, 6.07) is 9.98. The largest absolute Gasteiger partial charge is 0.481 e. The number of benzene rings is 1. The molecule has 0 spiro atoms. The molecule has 1 N–H and O–H groups in total. The number of aromatic nitrogens is 1.